The van der Waals surface area contributed by atoms with Gasteiger partial charge < -0.3 is 39.3 Å². The van der Waals surface area contributed by atoms with Crippen LogP contribution in [0.5, 0.6) is 11.5 Å². The monoisotopic (exact) mass is 807 g/mol. The molecule has 7 rings (SSSR count). The summed E-state index contributed by atoms with van der Waals surface area (Å²) >= 11 is 0. The van der Waals surface area contributed by atoms with Gasteiger partial charge in [0.15, 0.2) is 0 Å². The first-order valence-corrected chi connectivity index (χ1v) is 20.9. The van der Waals surface area contributed by atoms with Crippen molar-refractivity contribution in [2.45, 2.75) is 94.8 Å². The van der Waals surface area contributed by atoms with Crippen LogP contribution in [0.15, 0.2) is 96.2 Å². The zero-order chi connectivity index (χ0) is 41.4. The lowest BCUT2D eigenvalue weighted by atomic mass is 9.55. The number of phenols is 1. The number of ether oxygens (including phenoxy) is 3. The molecule has 3 aromatic carbocycles. The summed E-state index contributed by atoms with van der Waals surface area (Å²) in [4.78, 5) is 23.1. The first-order chi connectivity index (χ1) is 28.8. The molecule has 1 amide bonds. The van der Waals surface area contributed by atoms with Gasteiger partial charge in [-0.1, -0.05) is 42.3 Å². The normalized spacial score (nSPS) is 26.4. The number of halogens is 1. The first-order valence-electron chi connectivity index (χ1n) is 20.9. The summed E-state index contributed by atoms with van der Waals surface area (Å²) in [6.45, 7) is 4.81. The molecular weight excluding hydrogens is 754 g/mol. The number of benzene rings is 3. The van der Waals surface area contributed by atoms with Crippen LogP contribution in [0.25, 0.3) is 0 Å². The van der Waals surface area contributed by atoms with Gasteiger partial charge in [-0.05, 0) is 116 Å². The van der Waals surface area contributed by atoms with Crippen molar-refractivity contribution in [1.82, 2.24) is 4.90 Å². The highest BCUT2D eigenvalue weighted by atomic mass is 19.1. The average Bonchev–Trinajstić information content (AvgIpc) is 3.26. The van der Waals surface area contributed by atoms with E-state index in [1.54, 1.807) is 65.6 Å². The lowest BCUT2D eigenvalue weighted by Crippen LogP contribution is -2.70. The van der Waals surface area contributed by atoms with E-state index in [4.69, 9.17) is 24.2 Å². The predicted molar refractivity (Wildman–Crippen MR) is 219 cm³/mol. The minimum absolute atomic E-state index is 0.0187. The van der Waals surface area contributed by atoms with Crippen molar-refractivity contribution < 1.29 is 43.6 Å². The third-order valence-electron chi connectivity index (χ3n) is 12.2. The fourth-order valence-electron chi connectivity index (χ4n) is 9.54. The molecule has 11 nitrogen and oxygen atoms in total. The summed E-state index contributed by atoms with van der Waals surface area (Å²) in [5, 5.41) is 45.2. The first kappa shape index (κ1) is 42.1. The number of nitriles is 1. The minimum atomic E-state index is -1.54. The molecule has 0 bridgehead atoms. The SMILES string of the molecule is C=CCOC12Oc3ccc(O)cc3C3C(CCCCO)C(CCCCO)C=C(C(=NOC4CCCCO4)CC1N(Cc1ccc(F)cc1)C(=O)c1ccc(C#N)cc1)C32. The third kappa shape index (κ3) is 9.09. The zero-order valence-electron chi connectivity index (χ0n) is 33.4. The lowest BCUT2D eigenvalue weighted by molar-refractivity contribution is -0.255. The Kier molecular flexibility index (Phi) is 13.8. The summed E-state index contributed by atoms with van der Waals surface area (Å²) < 4.78 is 34.5. The largest absolute Gasteiger partial charge is 0.508 e. The Hall–Kier alpha value is -5.06. The Balaban J connectivity index is 1.47. The smallest absolute Gasteiger partial charge is 0.254 e. The minimum Gasteiger partial charge on any atom is -0.508 e. The number of aliphatic hydroxyl groups is 2. The number of oxime groups is 1. The van der Waals surface area contributed by atoms with Crippen molar-refractivity contribution in [3.8, 4) is 17.6 Å². The molecule has 12 heteroatoms. The Labute approximate surface area is 345 Å². The number of carbonyl (C=O) groups excluding carboxylic acids is 1. The highest BCUT2D eigenvalue weighted by molar-refractivity contribution is 6.03. The Morgan fingerprint density at radius 3 is 2.49 bits per heavy atom. The van der Waals surface area contributed by atoms with Crippen LogP contribution in [0.4, 0.5) is 4.39 Å². The predicted octanol–water partition coefficient (Wildman–Crippen LogP) is 7.91. The molecule has 2 heterocycles. The molecule has 2 aliphatic heterocycles. The van der Waals surface area contributed by atoms with Gasteiger partial charge >= 0.3 is 0 Å². The van der Waals surface area contributed by atoms with Crippen molar-refractivity contribution in [2.24, 2.45) is 22.9 Å². The van der Waals surface area contributed by atoms with Gasteiger partial charge in [0.05, 0.1) is 36.5 Å². The fourth-order valence-corrected chi connectivity index (χ4v) is 9.54. The number of hydrogen-bond donors (Lipinski definition) is 3. The van der Waals surface area contributed by atoms with E-state index >= 15 is 4.79 Å². The molecule has 0 radical (unpaired) electrons. The molecule has 59 heavy (non-hydrogen) atoms. The Morgan fingerprint density at radius 1 is 1.03 bits per heavy atom. The molecular formula is C47H54FN3O8. The van der Waals surface area contributed by atoms with E-state index < -0.39 is 29.9 Å². The lowest BCUT2D eigenvalue weighted by Gasteiger charge is -2.60. The van der Waals surface area contributed by atoms with Crippen LogP contribution in [0.3, 0.4) is 0 Å². The van der Waals surface area contributed by atoms with Gasteiger partial charge in [-0.15, -0.1) is 6.58 Å². The maximum Gasteiger partial charge on any atom is 0.254 e. The van der Waals surface area contributed by atoms with Gasteiger partial charge in [-0.25, -0.2) is 4.39 Å². The van der Waals surface area contributed by atoms with Crippen molar-refractivity contribution >= 4 is 11.6 Å². The maximum atomic E-state index is 15.1. The van der Waals surface area contributed by atoms with Crippen molar-refractivity contribution in [2.75, 3.05) is 26.4 Å². The molecule has 7 unspecified atom stereocenters. The molecule has 4 aliphatic rings. The number of hydrogen-bond acceptors (Lipinski definition) is 10. The molecule has 0 aromatic heterocycles. The summed E-state index contributed by atoms with van der Waals surface area (Å²) in [5.41, 5.74) is 3.69. The van der Waals surface area contributed by atoms with E-state index in [0.717, 1.165) is 49.7 Å². The van der Waals surface area contributed by atoms with Crippen LogP contribution in [0.1, 0.15) is 97.2 Å². The highest BCUT2D eigenvalue weighted by Crippen LogP contribution is 2.62. The quantitative estimate of drug-likeness (QED) is 0.0702. The van der Waals surface area contributed by atoms with Gasteiger partial charge in [0.2, 0.25) is 12.1 Å². The topological polar surface area (TPSA) is 154 Å². The van der Waals surface area contributed by atoms with E-state index in [1.807, 2.05) is 0 Å². The number of aromatic hydroxyl groups is 1. The number of unbranched alkanes of at least 4 members (excludes halogenated alkanes) is 2. The second-order valence-corrected chi connectivity index (χ2v) is 15.9. The van der Waals surface area contributed by atoms with Gasteiger partial charge in [-0.2, -0.15) is 5.26 Å². The molecule has 7 atom stereocenters. The van der Waals surface area contributed by atoms with Crippen molar-refractivity contribution in [1.29, 1.82) is 5.26 Å². The van der Waals surface area contributed by atoms with E-state index in [0.29, 0.717) is 54.0 Å². The molecule has 1 saturated heterocycles. The summed E-state index contributed by atoms with van der Waals surface area (Å²) in [5.74, 6) is -2.60. The van der Waals surface area contributed by atoms with Gasteiger partial charge in [-0.3, -0.25) is 4.79 Å². The van der Waals surface area contributed by atoms with Gasteiger partial charge in [0.25, 0.3) is 5.91 Å². The summed E-state index contributed by atoms with van der Waals surface area (Å²) in [6, 6.07) is 18.8. The molecule has 3 N–H and O–H groups in total. The third-order valence-corrected chi connectivity index (χ3v) is 12.2. The molecule has 2 fully saturated rings. The van der Waals surface area contributed by atoms with Crippen LogP contribution < -0.4 is 4.74 Å². The summed E-state index contributed by atoms with van der Waals surface area (Å²) in [7, 11) is 0. The van der Waals surface area contributed by atoms with E-state index in [1.165, 1.54) is 12.1 Å². The number of phenolic OH excluding ortho intramolecular Hbond substituents is 1. The number of amides is 1. The maximum absolute atomic E-state index is 15.1. The average molecular weight is 808 g/mol. The molecule has 0 spiro atoms. The highest BCUT2D eigenvalue weighted by Gasteiger charge is 2.65. The van der Waals surface area contributed by atoms with Crippen LogP contribution in [-0.2, 0) is 20.9 Å². The number of nitrogens with zero attached hydrogens (tertiary/aromatic N) is 3. The van der Waals surface area contributed by atoms with Crippen LogP contribution in [0.2, 0.25) is 0 Å². The van der Waals surface area contributed by atoms with Crippen LogP contribution in [-0.4, -0.2) is 76.4 Å². The van der Waals surface area contributed by atoms with Crippen LogP contribution >= 0.6 is 0 Å². The van der Waals surface area contributed by atoms with Gasteiger partial charge in [0.1, 0.15) is 23.4 Å². The van der Waals surface area contributed by atoms with E-state index in [2.05, 4.69) is 18.7 Å². The number of aliphatic hydroxyl groups excluding tert-OH is 2. The Morgan fingerprint density at radius 2 is 1.80 bits per heavy atom. The number of allylic oxidation sites excluding steroid dienone is 1. The van der Waals surface area contributed by atoms with Crippen molar-refractivity contribution in [3.05, 3.63) is 119 Å². The number of rotatable bonds is 17. The molecule has 1 saturated carbocycles. The number of fused-ring (bicyclic) bond motifs is 2. The molecule has 312 valence electrons. The second-order valence-electron chi connectivity index (χ2n) is 15.9. The zero-order valence-corrected chi connectivity index (χ0v) is 33.4. The fraction of sp³-hybridized carbons (Fsp3) is 0.468. The van der Waals surface area contributed by atoms with Crippen LogP contribution in [0, 0.1) is 34.9 Å². The Bertz CT molecular complexity index is 2030. The van der Waals surface area contributed by atoms with E-state index in [9.17, 15) is 25.0 Å². The molecule has 3 aromatic rings. The van der Waals surface area contributed by atoms with E-state index in [-0.39, 0.29) is 62.2 Å². The second kappa shape index (κ2) is 19.3. The van der Waals surface area contributed by atoms with Crippen molar-refractivity contribution in [3.63, 3.8) is 0 Å². The standard InChI is InChI=1S/C47H54FN3O8/c1-2-24-57-47-42(51(30-32-14-18-35(48)19-15-32)46(55)33-16-12-31(29-49)13-17-33)28-40(50-59-43-11-5-8-25-56-43)38-26-34(9-3-6-22-52)37(10-4-7-23-53)44(45(38)47)39-27-36(54)20-21-41(39)58-47/h2,12-21,26-27,34,37,42-45,52-54H,1,3-11,22-25,28,30H2. The summed E-state index contributed by atoms with van der Waals surface area (Å²) in [6.07, 6.45) is 10.4. The number of carbonyl (C=O) groups is 1. The van der Waals surface area contributed by atoms with Gasteiger partial charge in [0, 0.05) is 49.6 Å². The molecule has 2 aliphatic carbocycles.